The van der Waals surface area contributed by atoms with E-state index in [0.717, 1.165) is 12.8 Å². The van der Waals surface area contributed by atoms with Crippen molar-refractivity contribution in [3.05, 3.63) is 0 Å². The Morgan fingerprint density at radius 3 is 2.87 bits per heavy atom. The molecule has 0 amide bonds. The van der Waals surface area contributed by atoms with Crippen LogP contribution in [0.3, 0.4) is 0 Å². The SMILES string of the molecule is CCCSC1CCC(C#N)(NC(C)C)C1. The highest BCUT2D eigenvalue weighted by Gasteiger charge is 2.39. The molecule has 86 valence electrons. The van der Waals surface area contributed by atoms with Crippen LogP contribution in [0.5, 0.6) is 0 Å². The second-order valence-corrected chi connectivity index (χ2v) is 6.14. The molecule has 0 aromatic carbocycles. The van der Waals surface area contributed by atoms with Gasteiger partial charge in [0.05, 0.1) is 6.07 Å². The van der Waals surface area contributed by atoms with Crippen molar-refractivity contribution in [1.29, 1.82) is 5.26 Å². The zero-order valence-corrected chi connectivity index (χ0v) is 10.9. The first kappa shape index (κ1) is 12.9. The average molecular weight is 226 g/mol. The molecule has 0 heterocycles. The maximum Gasteiger partial charge on any atom is 0.108 e. The molecule has 0 bridgehead atoms. The van der Waals surface area contributed by atoms with Gasteiger partial charge in [0.1, 0.15) is 5.54 Å². The minimum atomic E-state index is -0.237. The van der Waals surface area contributed by atoms with E-state index in [9.17, 15) is 5.26 Å². The Morgan fingerprint density at radius 1 is 1.60 bits per heavy atom. The van der Waals surface area contributed by atoms with Gasteiger partial charge in [0.15, 0.2) is 0 Å². The van der Waals surface area contributed by atoms with E-state index >= 15 is 0 Å². The molecule has 1 rings (SSSR count). The summed E-state index contributed by atoms with van der Waals surface area (Å²) in [4.78, 5) is 0. The number of hydrogen-bond acceptors (Lipinski definition) is 3. The van der Waals surface area contributed by atoms with Gasteiger partial charge in [-0.1, -0.05) is 6.92 Å². The van der Waals surface area contributed by atoms with E-state index in [4.69, 9.17) is 0 Å². The first-order chi connectivity index (χ1) is 7.12. The summed E-state index contributed by atoms with van der Waals surface area (Å²) in [7, 11) is 0. The fraction of sp³-hybridized carbons (Fsp3) is 0.917. The van der Waals surface area contributed by atoms with Crippen LogP contribution in [0.2, 0.25) is 0 Å². The maximum absolute atomic E-state index is 9.29. The minimum absolute atomic E-state index is 0.237. The highest BCUT2D eigenvalue weighted by molar-refractivity contribution is 7.99. The lowest BCUT2D eigenvalue weighted by Crippen LogP contribution is -2.45. The molecule has 0 aliphatic heterocycles. The molecule has 1 aliphatic rings. The normalized spacial score (nSPS) is 30.7. The van der Waals surface area contributed by atoms with Crippen molar-refractivity contribution >= 4 is 11.8 Å². The lowest BCUT2D eigenvalue weighted by Gasteiger charge is -2.25. The van der Waals surface area contributed by atoms with Gasteiger partial charge in [0.25, 0.3) is 0 Å². The van der Waals surface area contributed by atoms with Gasteiger partial charge in [-0.05, 0) is 45.3 Å². The maximum atomic E-state index is 9.29. The Kier molecular flexibility index (Phi) is 4.95. The number of thioether (sulfide) groups is 1. The van der Waals surface area contributed by atoms with Crippen LogP contribution in [0.1, 0.15) is 46.5 Å². The quantitative estimate of drug-likeness (QED) is 0.783. The van der Waals surface area contributed by atoms with Crippen LogP contribution in [0.25, 0.3) is 0 Å². The summed E-state index contributed by atoms with van der Waals surface area (Å²) < 4.78 is 0. The Bertz CT molecular complexity index is 234. The summed E-state index contributed by atoms with van der Waals surface area (Å²) in [6.07, 6.45) is 4.46. The number of nitriles is 1. The molecule has 1 saturated carbocycles. The van der Waals surface area contributed by atoms with Crippen LogP contribution >= 0.6 is 11.8 Å². The second-order valence-electron chi connectivity index (χ2n) is 4.73. The summed E-state index contributed by atoms with van der Waals surface area (Å²) in [6.45, 7) is 6.45. The first-order valence-corrected chi connectivity index (χ1v) is 6.97. The molecule has 2 unspecified atom stereocenters. The van der Waals surface area contributed by atoms with Gasteiger partial charge >= 0.3 is 0 Å². The molecule has 1 fully saturated rings. The van der Waals surface area contributed by atoms with Crippen molar-refractivity contribution in [3.8, 4) is 6.07 Å². The van der Waals surface area contributed by atoms with Crippen LogP contribution in [0.4, 0.5) is 0 Å². The monoisotopic (exact) mass is 226 g/mol. The molecular formula is C12H22N2S. The zero-order chi connectivity index (χ0) is 11.3. The van der Waals surface area contributed by atoms with Crippen LogP contribution in [0.15, 0.2) is 0 Å². The topological polar surface area (TPSA) is 35.8 Å². The molecule has 0 aromatic heterocycles. The van der Waals surface area contributed by atoms with Crippen LogP contribution in [0, 0.1) is 11.3 Å². The molecule has 2 nitrogen and oxygen atoms in total. The molecule has 0 spiro atoms. The van der Waals surface area contributed by atoms with Gasteiger partial charge < -0.3 is 0 Å². The lowest BCUT2D eigenvalue weighted by atomic mass is 9.99. The highest BCUT2D eigenvalue weighted by Crippen LogP contribution is 2.37. The predicted molar refractivity (Wildman–Crippen MR) is 67.0 cm³/mol. The second kappa shape index (κ2) is 5.77. The summed E-state index contributed by atoms with van der Waals surface area (Å²) in [6, 6.07) is 2.89. The molecule has 1 N–H and O–H groups in total. The fourth-order valence-corrected chi connectivity index (χ4v) is 3.50. The van der Waals surface area contributed by atoms with Crippen molar-refractivity contribution in [2.75, 3.05) is 5.75 Å². The van der Waals surface area contributed by atoms with Gasteiger partial charge in [0.2, 0.25) is 0 Å². The summed E-state index contributed by atoms with van der Waals surface area (Å²) in [5, 5.41) is 13.4. The van der Waals surface area contributed by atoms with Crippen molar-refractivity contribution in [3.63, 3.8) is 0 Å². The van der Waals surface area contributed by atoms with Crippen LogP contribution < -0.4 is 5.32 Å². The Morgan fingerprint density at radius 2 is 2.33 bits per heavy atom. The third-order valence-electron chi connectivity index (χ3n) is 2.81. The third kappa shape index (κ3) is 3.70. The molecule has 15 heavy (non-hydrogen) atoms. The van der Waals surface area contributed by atoms with E-state index in [-0.39, 0.29) is 5.54 Å². The lowest BCUT2D eigenvalue weighted by molar-refractivity contribution is 0.386. The van der Waals surface area contributed by atoms with E-state index in [2.05, 4.69) is 32.2 Å². The van der Waals surface area contributed by atoms with Crippen molar-refractivity contribution in [2.45, 2.75) is 63.3 Å². The van der Waals surface area contributed by atoms with Gasteiger partial charge in [0, 0.05) is 11.3 Å². The van der Waals surface area contributed by atoms with E-state index in [1.54, 1.807) is 0 Å². The summed E-state index contributed by atoms with van der Waals surface area (Å²) >= 11 is 2.04. The summed E-state index contributed by atoms with van der Waals surface area (Å²) in [5.74, 6) is 1.23. The Hall–Kier alpha value is -0.200. The van der Waals surface area contributed by atoms with Crippen molar-refractivity contribution < 1.29 is 0 Å². The van der Waals surface area contributed by atoms with E-state index in [0.29, 0.717) is 11.3 Å². The molecule has 3 heteroatoms. The fourth-order valence-electron chi connectivity index (χ4n) is 2.24. The van der Waals surface area contributed by atoms with Gasteiger partial charge in [-0.25, -0.2) is 0 Å². The van der Waals surface area contributed by atoms with Crippen LogP contribution in [-0.2, 0) is 0 Å². The van der Waals surface area contributed by atoms with Gasteiger partial charge in [-0.3, -0.25) is 5.32 Å². The average Bonchev–Trinajstić information content (AvgIpc) is 2.58. The molecule has 0 aromatic rings. The van der Waals surface area contributed by atoms with Crippen LogP contribution in [-0.4, -0.2) is 22.6 Å². The van der Waals surface area contributed by atoms with Crippen molar-refractivity contribution in [2.24, 2.45) is 0 Å². The number of nitrogens with one attached hydrogen (secondary N) is 1. The molecule has 0 radical (unpaired) electrons. The largest absolute Gasteiger partial charge is 0.297 e. The highest BCUT2D eigenvalue weighted by atomic mass is 32.2. The van der Waals surface area contributed by atoms with Gasteiger partial charge in [-0.15, -0.1) is 0 Å². The Balaban J connectivity index is 2.46. The molecule has 2 atom stereocenters. The molecule has 0 saturated heterocycles. The number of hydrogen-bond donors (Lipinski definition) is 1. The minimum Gasteiger partial charge on any atom is -0.297 e. The third-order valence-corrected chi connectivity index (χ3v) is 4.32. The van der Waals surface area contributed by atoms with Gasteiger partial charge in [-0.2, -0.15) is 17.0 Å². The number of rotatable bonds is 5. The smallest absolute Gasteiger partial charge is 0.108 e. The van der Waals surface area contributed by atoms with E-state index < -0.39 is 0 Å². The predicted octanol–water partition coefficient (Wildman–Crippen LogP) is 2.94. The van der Waals surface area contributed by atoms with E-state index in [1.165, 1.54) is 18.6 Å². The molecule has 1 aliphatic carbocycles. The van der Waals surface area contributed by atoms with E-state index in [1.807, 2.05) is 11.8 Å². The Labute approximate surface area is 97.8 Å². The zero-order valence-electron chi connectivity index (χ0n) is 10.0. The summed E-state index contributed by atoms with van der Waals surface area (Å²) in [5.41, 5.74) is -0.237. The number of nitrogens with zero attached hydrogens (tertiary/aromatic N) is 1. The van der Waals surface area contributed by atoms with Crippen molar-refractivity contribution in [1.82, 2.24) is 5.32 Å². The first-order valence-electron chi connectivity index (χ1n) is 5.92. The molecular weight excluding hydrogens is 204 g/mol. The standard InChI is InChI=1S/C12H22N2S/c1-4-7-15-11-5-6-12(8-11,9-13)14-10(2)3/h10-11,14H,4-8H2,1-3H3.